The standard InChI is InChI=1S/C66H110O6/c1-4-7-10-13-16-19-22-25-27-28-29-30-31-32-33-34-35-36-37-38-39-42-44-47-50-53-56-59-65(68)71-62-63(61-70-64(67)58-55-52-49-46-43-40-24-21-18-15-12-9-6-3)72-66(69)60-57-54-51-48-45-41-26-23-20-17-14-11-8-5-2/h7,10,16,19,23,25-27,29-30,32-33,35-36,38-39,44,47,63H,4-6,8-9,11-15,17-18,20-22,24,28,31,34,37,40-43,45-46,48-62H2,1-3H3/b10-7-,19-16-,26-23-,27-25-,30-29-,33-32-,36-35-,39-38-,47-44-. The molecule has 0 spiro atoms. The number of rotatable bonds is 53. The first kappa shape index (κ1) is 68.1. The first-order valence-corrected chi connectivity index (χ1v) is 29.9. The van der Waals surface area contributed by atoms with Crippen molar-refractivity contribution < 1.29 is 28.6 Å². The third-order valence-corrected chi connectivity index (χ3v) is 12.5. The predicted molar refractivity (Wildman–Crippen MR) is 311 cm³/mol. The molecule has 0 fully saturated rings. The van der Waals surface area contributed by atoms with Gasteiger partial charge in [-0.2, -0.15) is 0 Å². The summed E-state index contributed by atoms with van der Waals surface area (Å²) in [5.74, 6) is -0.945. The Kier molecular flexibility index (Phi) is 56.4. The lowest BCUT2D eigenvalue weighted by molar-refractivity contribution is -0.167. The van der Waals surface area contributed by atoms with Crippen molar-refractivity contribution in [1.82, 2.24) is 0 Å². The fraction of sp³-hybridized carbons (Fsp3) is 0.682. The molecule has 0 aromatic carbocycles. The molecule has 0 aliphatic rings. The minimum atomic E-state index is -0.800. The van der Waals surface area contributed by atoms with Crippen LogP contribution >= 0.6 is 0 Å². The van der Waals surface area contributed by atoms with Gasteiger partial charge >= 0.3 is 17.9 Å². The molecule has 6 heteroatoms. The van der Waals surface area contributed by atoms with Crippen molar-refractivity contribution in [3.63, 3.8) is 0 Å². The molecule has 0 rings (SSSR count). The molecule has 72 heavy (non-hydrogen) atoms. The molecule has 6 nitrogen and oxygen atoms in total. The first-order chi connectivity index (χ1) is 35.5. The van der Waals surface area contributed by atoms with E-state index in [0.29, 0.717) is 19.3 Å². The zero-order valence-corrected chi connectivity index (χ0v) is 46.9. The minimum absolute atomic E-state index is 0.0941. The Hall–Kier alpha value is -3.93. The second-order valence-electron chi connectivity index (χ2n) is 19.5. The van der Waals surface area contributed by atoms with E-state index < -0.39 is 6.10 Å². The van der Waals surface area contributed by atoms with E-state index in [1.807, 2.05) is 0 Å². The molecule has 0 aliphatic carbocycles. The Morgan fingerprint density at radius 3 is 0.889 bits per heavy atom. The molecule has 1 atom stereocenters. The first-order valence-electron chi connectivity index (χ1n) is 29.9. The summed E-state index contributed by atoms with van der Waals surface area (Å²) >= 11 is 0. The summed E-state index contributed by atoms with van der Waals surface area (Å²) in [4.78, 5) is 38.1. The lowest BCUT2D eigenvalue weighted by atomic mass is 10.0. The van der Waals surface area contributed by atoms with Crippen molar-refractivity contribution in [2.45, 2.75) is 277 Å². The van der Waals surface area contributed by atoms with Crippen LogP contribution in [0.2, 0.25) is 0 Å². The maximum atomic E-state index is 12.8. The second kappa shape index (κ2) is 59.6. The van der Waals surface area contributed by atoms with E-state index in [2.05, 4.69) is 130 Å². The van der Waals surface area contributed by atoms with Crippen molar-refractivity contribution >= 4 is 17.9 Å². The molecular formula is C66H110O6. The predicted octanol–water partition coefficient (Wildman–Crippen LogP) is 20.3. The van der Waals surface area contributed by atoms with Crippen LogP contribution in [-0.2, 0) is 28.6 Å². The Morgan fingerprint density at radius 1 is 0.292 bits per heavy atom. The largest absolute Gasteiger partial charge is 0.462 e. The van der Waals surface area contributed by atoms with E-state index in [4.69, 9.17) is 14.2 Å². The smallest absolute Gasteiger partial charge is 0.306 e. The van der Waals surface area contributed by atoms with Gasteiger partial charge in [0.2, 0.25) is 0 Å². The van der Waals surface area contributed by atoms with Gasteiger partial charge < -0.3 is 14.2 Å². The maximum absolute atomic E-state index is 12.8. The minimum Gasteiger partial charge on any atom is -0.462 e. The van der Waals surface area contributed by atoms with Crippen LogP contribution in [0.25, 0.3) is 0 Å². The molecule has 0 saturated carbocycles. The van der Waals surface area contributed by atoms with E-state index in [0.717, 1.165) is 122 Å². The summed E-state index contributed by atoms with van der Waals surface area (Å²) in [6, 6.07) is 0. The van der Waals surface area contributed by atoms with Crippen LogP contribution < -0.4 is 0 Å². The van der Waals surface area contributed by atoms with Crippen molar-refractivity contribution in [2.24, 2.45) is 0 Å². The summed E-state index contributed by atoms with van der Waals surface area (Å²) in [6.07, 6.45) is 80.8. The summed E-state index contributed by atoms with van der Waals surface area (Å²) in [6.45, 7) is 6.48. The van der Waals surface area contributed by atoms with E-state index in [9.17, 15) is 14.4 Å². The van der Waals surface area contributed by atoms with Gasteiger partial charge in [0.05, 0.1) is 0 Å². The van der Waals surface area contributed by atoms with E-state index >= 15 is 0 Å². The summed E-state index contributed by atoms with van der Waals surface area (Å²) in [5.41, 5.74) is 0. The average Bonchev–Trinajstić information content (AvgIpc) is 3.38. The zero-order chi connectivity index (χ0) is 52.2. The van der Waals surface area contributed by atoms with E-state index in [-0.39, 0.29) is 31.1 Å². The molecule has 0 heterocycles. The molecule has 0 saturated heterocycles. The molecule has 0 radical (unpaired) electrons. The highest BCUT2D eigenvalue weighted by Crippen LogP contribution is 2.15. The van der Waals surface area contributed by atoms with Gasteiger partial charge in [-0.1, -0.05) is 252 Å². The molecule has 410 valence electrons. The van der Waals surface area contributed by atoms with Crippen LogP contribution in [0.3, 0.4) is 0 Å². The molecule has 0 aromatic heterocycles. The average molecular weight is 1000 g/mol. The number of hydrogen-bond donors (Lipinski definition) is 0. The summed E-state index contributed by atoms with van der Waals surface area (Å²) < 4.78 is 16.8. The number of hydrogen-bond acceptors (Lipinski definition) is 6. The number of ether oxygens (including phenoxy) is 3. The monoisotopic (exact) mass is 999 g/mol. The van der Waals surface area contributed by atoms with Crippen LogP contribution in [-0.4, -0.2) is 37.2 Å². The van der Waals surface area contributed by atoms with Crippen LogP contribution in [0, 0.1) is 0 Å². The lowest BCUT2D eigenvalue weighted by Gasteiger charge is -2.18. The maximum Gasteiger partial charge on any atom is 0.306 e. The second-order valence-corrected chi connectivity index (χ2v) is 19.5. The molecule has 0 bridgehead atoms. The molecule has 0 amide bonds. The van der Waals surface area contributed by atoms with Crippen LogP contribution in [0.5, 0.6) is 0 Å². The van der Waals surface area contributed by atoms with Crippen LogP contribution in [0.15, 0.2) is 109 Å². The van der Waals surface area contributed by atoms with Gasteiger partial charge in [0.25, 0.3) is 0 Å². The van der Waals surface area contributed by atoms with Gasteiger partial charge in [0.15, 0.2) is 6.10 Å². The number of esters is 3. The fourth-order valence-electron chi connectivity index (χ4n) is 8.04. The SMILES string of the molecule is CC/C=C\C/C=C\C/C=C\C/C=C\C/C=C\C/C=C\C/C=C\C/C=C\CCCCC(=O)OCC(COC(=O)CCCCCCCCCCCCCCC)OC(=O)CCCCCCC/C=C\CCCCCCC. The Balaban J connectivity index is 4.41. The highest BCUT2D eigenvalue weighted by molar-refractivity contribution is 5.71. The molecular weight excluding hydrogens is 889 g/mol. The molecule has 0 aliphatic heterocycles. The number of unbranched alkanes of at least 4 members (excludes halogenated alkanes) is 24. The van der Waals surface area contributed by atoms with Gasteiger partial charge in [0, 0.05) is 19.3 Å². The molecule has 1 unspecified atom stereocenters. The molecule has 0 aromatic rings. The highest BCUT2D eigenvalue weighted by atomic mass is 16.6. The third kappa shape index (κ3) is 57.0. The third-order valence-electron chi connectivity index (χ3n) is 12.5. The Morgan fingerprint density at radius 2 is 0.542 bits per heavy atom. The summed E-state index contributed by atoms with van der Waals surface area (Å²) in [5, 5.41) is 0. The van der Waals surface area contributed by atoms with Gasteiger partial charge in [-0.05, 0) is 109 Å². The van der Waals surface area contributed by atoms with Crippen molar-refractivity contribution in [1.29, 1.82) is 0 Å². The Bertz CT molecular complexity index is 1470. The van der Waals surface area contributed by atoms with Gasteiger partial charge in [-0.3, -0.25) is 14.4 Å². The Labute approximate surface area is 444 Å². The van der Waals surface area contributed by atoms with E-state index in [1.165, 1.54) is 109 Å². The van der Waals surface area contributed by atoms with Gasteiger partial charge in [-0.15, -0.1) is 0 Å². The zero-order valence-electron chi connectivity index (χ0n) is 46.9. The van der Waals surface area contributed by atoms with Crippen molar-refractivity contribution in [2.75, 3.05) is 13.2 Å². The van der Waals surface area contributed by atoms with Crippen molar-refractivity contribution in [3.05, 3.63) is 109 Å². The number of carbonyl (C=O) groups excluding carboxylic acids is 3. The van der Waals surface area contributed by atoms with Crippen LogP contribution in [0.4, 0.5) is 0 Å². The molecule has 0 N–H and O–H groups in total. The highest BCUT2D eigenvalue weighted by Gasteiger charge is 2.19. The fourth-order valence-corrected chi connectivity index (χ4v) is 8.04. The number of carbonyl (C=O) groups is 3. The van der Waals surface area contributed by atoms with Gasteiger partial charge in [0.1, 0.15) is 13.2 Å². The normalized spacial score (nSPS) is 12.9. The van der Waals surface area contributed by atoms with E-state index in [1.54, 1.807) is 0 Å². The van der Waals surface area contributed by atoms with Gasteiger partial charge in [-0.25, -0.2) is 0 Å². The van der Waals surface area contributed by atoms with Crippen molar-refractivity contribution in [3.8, 4) is 0 Å². The quantitative estimate of drug-likeness (QED) is 0.0261. The van der Waals surface area contributed by atoms with Crippen LogP contribution in [0.1, 0.15) is 271 Å². The lowest BCUT2D eigenvalue weighted by Crippen LogP contribution is -2.30. The topological polar surface area (TPSA) is 78.9 Å². The summed E-state index contributed by atoms with van der Waals surface area (Å²) in [7, 11) is 0. The number of allylic oxidation sites excluding steroid dienone is 18.